The van der Waals surface area contributed by atoms with Gasteiger partial charge >= 0.3 is 11.9 Å². The maximum absolute atomic E-state index is 11.8. The fraction of sp³-hybridized carbons (Fsp3) is 0.478. The first kappa shape index (κ1) is 27.1. The minimum absolute atomic E-state index is 0. The van der Waals surface area contributed by atoms with Gasteiger partial charge in [-0.15, -0.1) is 0 Å². The number of aromatic nitrogens is 2. The number of nitrogens with zero attached hydrogens (tertiary/aromatic N) is 3. The highest BCUT2D eigenvalue weighted by atomic mass is 16.4. The molecule has 2 heterocycles. The lowest BCUT2D eigenvalue weighted by atomic mass is 10.1. The van der Waals surface area contributed by atoms with E-state index in [1.54, 1.807) is 12.3 Å². The number of carboxylic acid groups (broad SMARTS) is 2. The molecule has 2 aromatic rings. The first-order valence-electron chi connectivity index (χ1n) is 10.9. The lowest BCUT2D eigenvalue weighted by Gasteiger charge is -2.20. The zero-order chi connectivity index (χ0) is 24.1. The van der Waals surface area contributed by atoms with Crippen molar-refractivity contribution < 1.29 is 35.5 Å². The Hall–Kier alpha value is -3.12. The predicted molar refractivity (Wildman–Crippen MR) is 122 cm³/mol. The average Bonchev–Trinajstić information content (AvgIpc) is 3.45. The number of aliphatic hydroxyl groups excluding tert-OH is 2. The van der Waals surface area contributed by atoms with Crippen LogP contribution < -0.4 is 5.56 Å². The molecule has 0 spiro atoms. The van der Waals surface area contributed by atoms with Crippen LogP contribution in [-0.2, 0) is 9.59 Å². The maximum atomic E-state index is 11.8. The molecule has 0 bridgehead atoms. The SMILES string of the molecule is C[C@H]1CCCN1C[C@H]1C[C@@H]1c1ccc(-n2ncccc2=O)cc1.O.O=C(O)[C@H](O)[C@@H](O)C(=O)O. The number of aliphatic carboxylic acids is 2. The molecule has 1 aliphatic heterocycles. The van der Waals surface area contributed by atoms with Gasteiger partial charge in [-0.05, 0) is 68.3 Å². The van der Waals surface area contributed by atoms with Crippen molar-refractivity contribution in [1.82, 2.24) is 14.7 Å². The number of carbonyl (C=O) groups is 2. The molecule has 0 amide bonds. The Bertz CT molecular complexity index is 1010. The summed E-state index contributed by atoms with van der Waals surface area (Å²) in [5.41, 5.74) is 2.15. The highest BCUT2D eigenvalue weighted by Gasteiger charge is 2.40. The summed E-state index contributed by atoms with van der Waals surface area (Å²) in [6.07, 6.45) is 1.11. The summed E-state index contributed by atoms with van der Waals surface area (Å²) in [6.45, 7) is 4.86. The topological polar surface area (TPSA) is 185 Å². The van der Waals surface area contributed by atoms with Crippen molar-refractivity contribution in [2.45, 2.75) is 50.4 Å². The number of aliphatic hydroxyl groups is 2. The molecule has 1 aliphatic carbocycles. The van der Waals surface area contributed by atoms with Crippen LogP contribution in [0.25, 0.3) is 5.69 Å². The summed E-state index contributed by atoms with van der Waals surface area (Å²) >= 11 is 0. The molecule has 5 atom stereocenters. The summed E-state index contributed by atoms with van der Waals surface area (Å²) in [5, 5.41) is 36.7. The van der Waals surface area contributed by atoms with Crippen LogP contribution in [0.1, 0.15) is 37.7 Å². The maximum Gasteiger partial charge on any atom is 0.335 e. The third-order valence-electron chi connectivity index (χ3n) is 6.17. The molecule has 11 heteroatoms. The van der Waals surface area contributed by atoms with Crippen molar-refractivity contribution in [3.8, 4) is 5.69 Å². The molecule has 4 rings (SSSR count). The normalized spacial score (nSPS) is 23.1. The predicted octanol–water partition coefficient (Wildman–Crippen LogP) is -0.127. The number of likely N-dealkylation sites (tertiary alicyclic amines) is 1. The molecule has 1 aromatic heterocycles. The Balaban J connectivity index is 0.000000320. The van der Waals surface area contributed by atoms with E-state index < -0.39 is 24.1 Å². The van der Waals surface area contributed by atoms with Crippen molar-refractivity contribution in [3.05, 3.63) is 58.5 Å². The van der Waals surface area contributed by atoms with Crippen molar-refractivity contribution >= 4 is 11.9 Å². The Morgan fingerprint density at radius 3 is 2.21 bits per heavy atom. The Kier molecular flexibility index (Phi) is 9.45. The van der Waals surface area contributed by atoms with Gasteiger partial charge in [0.15, 0.2) is 12.2 Å². The smallest absolute Gasteiger partial charge is 0.335 e. The largest absolute Gasteiger partial charge is 0.479 e. The lowest BCUT2D eigenvalue weighted by molar-refractivity contribution is -0.165. The van der Waals surface area contributed by atoms with Crippen molar-refractivity contribution in [3.63, 3.8) is 0 Å². The highest BCUT2D eigenvalue weighted by molar-refractivity contribution is 5.83. The first-order valence-corrected chi connectivity index (χ1v) is 10.9. The van der Waals surface area contributed by atoms with Gasteiger partial charge < -0.3 is 30.8 Å². The van der Waals surface area contributed by atoms with Crippen LogP contribution in [0.3, 0.4) is 0 Å². The molecule has 2 fully saturated rings. The Morgan fingerprint density at radius 2 is 1.71 bits per heavy atom. The van der Waals surface area contributed by atoms with Gasteiger partial charge in [0.1, 0.15) is 0 Å². The molecule has 186 valence electrons. The van der Waals surface area contributed by atoms with Crippen molar-refractivity contribution in [2.75, 3.05) is 13.1 Å². The van der Waals surface area contributed by atoms with Crippen LogP contribution in [0, 0.1) is 5.92 Å². The summed E-state index contributed by atoms with van der Waals surface area (Å²) in [4.78, 5) is 34.0. The van der Waals surface area contributed by atoms with E-state index in [2.05, 4.69) is 29.1 Å². The molecule has 0 radical (unpaired) electrons. The molecule has 0 unspecified atom stereocenters. The second-order valence-electron chi connectivity index (χ2n) is 8.52. The van der Waals surface area contributed by atoms with Crippen LogP contribution >= 0.6 is 0 Å². The minimum Gasteiger partial charge on any atom is -0.479 e. The summed E-state index contributed by atoms with van der Waals surface area (Å²) < 4.78 is 1.44. The summed E-state index contributed by atoms with van der Waals surface area (Å²) in [5.74, 6) is -2.04. The van der Waals surface area contributed by atoms with Gasteiger partial charge in [-0.25, -0.2) is 9.59 Å². The second kappa shape index (κ2) is 11.8. The van der Waals surface area contributed by atoms with E-state index in [-0.39, 0.29) is 11.0 Å². The van der Waals surface area contributed by atoms with Gasteiger partial charge in [-0.3, -0.25) is 4.79 Å². The van der Waals surface area contributed by atoms with Crippen LogP contribution in [-0.4, -0.2) is 83.9 Å². The van der Waals surface area contributed by atoms with E-state index in [0.29, 0.717) is 5.92 Å². The monoisotopic (exact) mass is 477 g/mol. The zero-order valence-electron chi connectivity index (χ0n) is 18.8. The van der Waals surface area contributed by atoms with Gasteiger partial charge in [0.2, 0.25) is 0 Å². The standard InChI is InChI=1S/C19H23N3O.C4H6O6.H2O/c1-14-4-3-11-21(14)13-16-12-18(16)15-6-8-17(9-7-15)22-19(23)5-2-10-20-22;5-1(3(7)8)2(6)4(9)10;/h2,5-10,14,16,18H,3-4,11-13H2,1H3;1-2,5-6H,(H,7,8)(H,9,10);1H2/t14-,16+,18+;1-,2-;/m01./s1. The highest BCUT2D eigenvalue weighted by Crippen LogP contribution is 2.48. The van der Waals surface area contributed by atoms with Gasteiger partial charge in [0.25, 0.3) is 5.56 Å². The van der Waals surface area contributed by atoms with Crippen LogP contribution in [0.15, 0.2) is 47.4 Å². The molecule has 34 heavy (non-hydrogen) atoms. The van der Waals surface area contributed by atoms with Gasteiger partial charge in [-0.2, -0.15) is 9.78 Å². The van der Waals surface area contributed by atoms with E-state index in [1.807, 2.05) is 12.1 Å². The Morgan fingerprint density at radius 1 is 1.09 bits per heavy atom. The molecule has 11 nitrogen and oxygen atoms in total. The fourth-order valence-electron chi connectivity index (χ4n) is 4.11. The number of rotatable bonds is 7. The average molecular weight is 478 g/mol. The van der Waals surface area contributed by atoms with E-state index in [0.717, 1.165) is 17.6 Å². The van der Waals surface area contributed by atoms with Crippen LogP contribution in [0.5, 0.6) is 0 Å². The van der Waals surface area contributed by atoms with Crippen molar-refractivity contribution in [1.29, 1.82) is 0 Å². The summed E-state index contributed by atoms with van der Waals surface area (Å²) in [7, 11) is 0. The van der Waals surface area contributed by atoms with E-state index >= 15 is 0 Å². The molecular weight excluding hydrogens is 446 g/mol. The van der Waals surface area contributed by atoms with Gasteiger partial charge in [0.05, 0.1) is 5.69 Å². The van der Waals surface area contributed by atoms with Crippen LogP contribution in [0.4, 0.5) is 0 Å². The number of benzene rings is 1. The number of hydrogen-bond acceptors (Lipinski definition) is 7. The lowest BCUT2D eigenvalue weighted by Crippen LogP contribution is -2.39. The van der Waals surface area contributed by atoms with E-state index in [1.165, 1.54) is 48.7 Å². The fourth-order valence-corrected chi connectivity index (χ4v) is 4.11. The molecule has 6 N–H and O–H groups in total. The van der Waals surface area contributed by atoms with Crippen molar-refractivity contribution in [2.24, 2.45) is 5.92 Å². The molecule has 1 saturated heterocycles. The zero-order valence-corrected chi connectivity index (χ0v) is 18.8. The minimum atomic E-state index is -2.27. The molecule has 2 aliphatic rings. The van der Waals surface area contributed by atoms with E-state index in [4.69, 9.17) is 20.4 Å². The second-order valence-corrected chi connectivity index (χ2v) is 8.52. The third kappa shape index (κ3) is 6.70. The molecule has 1 aromatic carbocycles. The van der Waals surface area contributed by atoms with Gasteiger partial charge in [-0.1, -0.05) is 12.1 Å². The van der Waals surface area contributed by atoms with Crippen LogP contribution in [0.2, 0.25) is 0 Å². The number of hydrogen-bond donors (Lipinski definition) is 4. The quantitative estimate of drug-likeness (QED) is 0.422. The Labute approximate surface area is 196 Å². The number of carboxylic acids is 2. The third-order valence-corrected chi connectivity index (χ3v) is 6.17. The summed E-state index contributed by atoms with van der Waals surface area (Å²) in [6, 6.07) is 12.3. The van der Waals surface area contributed by atoms with Gasteiger partial charge in [0, 0.05) is 24.8 Å². The molecule has 1 saturated carbocycles. The van der Waals surface area contributed by atoms with E-state index in [9.17, 15) is 14.4 Å². The first-order chi connectivity index (χ1) is 15.7. The molecular formula is C23H31N3O8.